The molecule has 2 heterocycles. The molecule has 136 valence electrons. The van der Waals surface area contributed by atoms with Crippen molar-refractivity contribution in [3.8, 4) is 5.75 Å². The smallest absolute Gasteiger partial charge is 0.278 e. The van der Waals surface area contributed by atoms with Crippen LogP contribution in [0.2, 0.25) is 0 Å². The van der Waals surface area contributed by atoms with Crippen molar-refractivity contribution in [1.82, 2.24) is 20.3 Å². The zero-order valence-corrected chi connectivity index (χ0v) is 15.3. The lowest BCUT2D eigenvalue weighted by Crippen LogP contribution is -2.30. The van der Waals surface area contributed by atoms with E-state index in [9.17, 15) is 4.79 Å². The Morgan fingerprint density at radius 2 is 2.16 bits per heavy atom. The summed E-state index contributed by atoms with van der Waals surface area (Å²) in [5.41, 5.74) is 1.86. The maximum absolute atomic E-state index is 12.5. The highest BCUT2D eigenvalue weighted by atomic mass is 35.5. The van der Waals surface area contributed by atoms with E-state index < -0.39 is 0 Å². The van der Waals surface area contributed by atoms with Gasteiger partial charge in [-0.15, -0.1) is 17.5 Å². The SMILES string of the molecule is CCOc1cccc(NC(=O)c2nnn(C3CCNCC3)c2C)c1.Cl. The zero-order chi connectivity index (χ0) is 16.9. The first-order valence-electron chi connectivity index (χ1n) is 8.35. The Morgan fingerprint density at radius 1 is 1.40 bits per heavy atom. The number of nitrogens with one attached hydrogen (secondary N) is 2. The second kappa shape index (κ2) is 8.82. The third kappa shape index (κ3) is 4.49. The molecule has 1 fully saturated rings. The molecule has 0 unspecified atom stereocenters. The highest BCUT2D eigenvalue weighted by molar-refractivity contribution is 6.03. The van der Waals surface area contributed by atoms with Crippen LogP contribution in [0.3, 0.4) is 0 Å². The van der Waals surface area contributed by atoms with Crippen LogP contribution in [0.5, 0.6) is 5.75 Å². The lowest BCUT2D eigenvalue weighted by Gasteiger charge is -2.23. The Labute approximate surface area is 153 Å². The normalized spacial score (nSPS) is 14.6. The van der Waals surface area contributed by atoms with Crippen LogP contribution in [0, 0.1) is 6.92 Å². The lowest BCUT2D eigenvalue weighted by atomic mass is 10.1. The number of hydrogen-bond donors (Lipinski definition) is 2. The van der Waals surface area contributed by atoms with Gasteiger partial charge >= 0.3 is 0 Å². The maximum Gasteiger partial charge on any atom is 0.278 e. The Kier molecular flexibility index (Phi) is 6.78. The standard InChI is InChI=1S/C17H23N5O2.ClH/c1-3-24-15-6-4-5-13(11-15)19-17(23)16-12(2)22(21-20-16)14-7-9-18-10-8-14;/h4-6,11,14,18H,3,7-10H2,1-2H3,(H,19,23);1H. The Balaban J connectivity index is 0.00000225. The summed E-state index contributed by atoms with van der Waals surface area (Å²) in [4.78, 5) is 12.5. The van der Waals surface area contributed by atoms with Gasteiger partial charge in [0.2, 0.25) is 0 Å². The second-order valence-corrected chi connectivity index (χ2v) is 5.86. The Morgan fingerprint density at radius 3 is 2.88 bits per heavy atom. The molecular weight excluding hydrogens is 342 g/mol. The fraction of sp³-hybridized carbons (Fsp3) is 0.471. The van der Waals surface area contributed by atoms with Crippen LogP contribution in [0.25, 0.3) is 0 Å². The van der Waals surface area contributed by atoms with Crippen LogP contribution in [-0.2, 0) is 0 Å². The molecule has 0 saturated carbocycles. The summed E-state index contributed by atoms with van der Waals surface area (Å²) < 4.78 is 7.33. The molecule has 1 saturated heterocycles. The van der Waals surface area contributed by atoms with Crippen molar-refractivity contribution in [3.05, 3.63) is 35.7 Å². The molecule has 0 atom stereocenters. The number of carbonyl (C=O) groups is 1. The number of nitrogens with zero attached hydrogens (tertiary/aromatic N) is 3. The maximum atomic E-state index is 12.5. The van der Waals surface area contributed by atoms with Crippen molar-refractivity contribution in [2.24, 2.45) is 0 Å². The predicted octanol–water partition coefficient (Wildman–Crippen LogP) is 2.58. The average molecular weight is 366 g/mol. The van der Waals surface area contributed by atoms with Crippen LogP contribution < -0.4 is 15.4 Å². The molecule has 8 heteroatoms. The van der Waals surface area contributed by atoms with Gasteiger partial charge in [-0.1, -0.05) is 11.3 Å². The van der Waals surface area contributed by atoms with Gasteiger partial charge in [-0.05, 0) is 51.9 Å². The number of ether oxygens (including phenoxy) is 1. The third-order valence-corrected chi connectivity index (χ3v) is 4.20. The molecule has 1 aliphatic rings. The molecule has 25 heavy (non-hydrogen) atoms. The van der Waals surface area contributed by atoms with Gasteiger partial charge in [-0.2, -0.15) is 0 Å². The molecule has 1 amide bonds. The van der Waals surface area contributed by atoms with Gasteiger partial charge in [0.25, 0.3) is 5.91 Å². The fourth-order valence-electron chi connectivity index (χ4n) is 2.97. The number of piperidine rings is 1. The number of amides is 1. The number of anilines is 1. The number of hydrogen-bond acceptors (Lipinski definition) is 5. The minimum atomic E-state index is -0.249. The first-order chi connectivity index (χ1) is 11.7. The summed E-state index contributed by atoms with van der Waals surface area (Å²) in [7, 11) is 0. The summed E-state index contributed by atoms with van der Waals surface area (Å²) >= 11 is 0. The molecule has 0 radical (unpaired) electrons. The zero-order valence-electron chi connectivity index (χ0n) is 14.5. The third-order valence-electron chi connectivity index (χ3n) is 4.20. The van der Waals surface area contributed by atoms with E-state index in [0.717, 1.165) is 37.4 Å². The van der Waals surface area contributed by atoms with E-state index >= 15 is 0 Å². The number of benzene rings is 1. The van der Waals surface area contributed by atoms with Gasteiger partial charge < -0.3 is 15.4 Å². The topological polar surface area (TPSA) is 81.1 Å². The van der Waals surface area contributed by atoms with Crippen molar-refractivity contribution < 1.29 is 9.53 Å². The van der Waals surface area contributed by atoms with Gasteiger partial charge in [0, 0.05) is 11.8 Å². The first-order valence-corrected chi connectivity index (χ1v) is 8.35. The van der Waals surface area contributed by atoms with E-state index in [2.05, 4.69) is 20.9 Å². The van der Waals surface area contributed by atoms with Crippen LogP contribution in [0.4, 0.5) is 5.69 Å². The number of aromatic nitrogens is 3. The number of halogens is 1. The van der Waals surface area contributed by atoms with E-state index in [1.807, 2.05) is 36.7 Å². The van der Waals surface area contributed by atoms with Gasteiger partial charge in [0.1, 0.15) is 5.75 Å². The number of carbonyl (C=O) groups excluding carboxylic acids is 1. The van der Waals surface area contributed by atoms with E-state index in [-0.39, 0.29) is 18.3 Å². The molecule has 3 rings (SSSR count). The van der Waals surface area contributed by atoms with E-state index in [0.29, 0.717) is 24.0 Å². The molecular formula is C17H24ClN5O2. The van der Waals surface area contributed by atoms with Gasteiger partial charge in [-0.3, -0.25) is 4.79 Å². The summed E-state index contributed by atoms with van der Waals surface area (Å²) in [6.07, 6.45) is 2.00. The molecule has 0 spiro atoms. The predicted molar refractivity (Wildman–Crippen MR) is 98.7 cm³/mol. The summed E-state index contributed by atoms with van der Waals surface area (Å²) in [6, 6.07) is 7.64. The van der Waals surface area contributed by atoms with Crippen molar-refractivity contribution in [3.63, 3.8) is 0 Å². The monoisotopic (exact) mass is 365 g/mol. The lowest BCUT2D eigenvalue weighted by molar-refractivity contribution is 0.102. The first kappa shape index (κ1) is 19.2. The molecule has 1 aliphatic heterocycles. The molecule has 1 aromatic carbocycles. The summed E-state index contributed by atoms with van der Waals surface area (Å²) in [5, 5.41) is 14.5. The number of rotatable bonds is 5. The highest BCUT2D eigenvalue weighted by Gasteiger charge is 2.22. The van der Waals surface area contributed by atoms with Crippen molar-refractivity contribution in [1.29, 1.82) is 0 Å². The molecule has 0 bridgehead atoms. The van der Waals surface area contributed by atoms with E-state index in [1.54, 1.807) is 6.07 Å². The Hall–Kier alpha value is -2.12. The second-order valence-electron chi connectivity index (χ2n) is 5.86. The molecule has 1 aromatic heterocycles. The highest BCUT2D eigenvalue weighted by Crippen LogP contribution is 2.22. The van der Waals surface area contributed by atoms with Crippen LogP contribution in [0.1, 0.15) is 42.0 Å². The Bertz CT molecular complexity index is 713. The minimum Gasteiger partial charge on any atom is -0.494 e. The van der Waals surface area contributed by atoms with E-state index in [4.69, 9.17) is 4.74 Å². The van der Waals surface area contributed by atoms with Crippen molar-refractivity contribution in [2.45, 2.75) is 32.7 Å². The van der Waals surface area contributed by atoms with Gasteiger partial charge in [0.15, 0.2) is 5.69 Å². The summed E-state index contributed by atoms with van der Waals surface area (Å²) in [5.74, 6) is 0.478. The average Bonchev–Trinajstić information content (AvgIpc) is 2.98. The molecule has 2 N–H and O–H groups in total. The van der Waals surface area contributed by atoms with Gasteiger partial charge in [-0.25, -0.2) is 4.68 Å². The van der Waals surface area contributed by atoms with Crippen molar-refractivity contribution in [2.75, 3.05) is 25.0 Å². The van der Waals surface area contributed by atoms with Crippen molar-refractivity contribution >= 4 is 24.0 Å². The quantitative estimate of drug-likeness (QED) is 0.851. The van der Waals surface area contributed by atoms with Crippen LogP contribution >= 0.6 is 12.4 Å². The summed E-state index contributed by atoms with van der Waals surface area (Å²) in [6.45, 7) is 6.34. The largest absolute Gasteiger partial charge is 0.494 e. The van der Waals surface area contributed by atoms with Crippen LogP contribution in [0.15, 0.2) is 24.3 Å². The molecule has 7 nitrogen and oxygen atoms in total. The van der Waals surface area contributed by atoms with E-state index in [1.165, 1.54) is 0 Å². The van der Waals surface area contributed by atoms with Gasteiger partial charge in [0.05, 0.1) is 18.3 Å². The molecule has 2 aromatic rings. The minimum absolute atomic E-state index is 0. The molecule has 0 aliphatic carbocycles. The van der Waals surface area contributed by atoms with Crippen LogP contribution in [-0.4, -0.2) is 40.6 Å². The fourth-order valence-corrected chi connectivity index (χ4v) is 2.97.